The third kappa shape index (κ3) is 6.12. The molecule has 0 amide bonds. The number of benzene rings is 4. The molecular weight excluding hydrogens is 520 g/mol. The summed E-state index contributed by atoms with van der Waals surface area (Å²) in [7, 11) is 0. The number of hydrogen-bond acceptors (Lipinski definition) is 10. The average Bonchev–Trinajstić information content (AvgIpc) is 2.90. The van der Waals surface area contributed by atoms with E-state index in [1.807, 2.05) is 0 Å². The summed E-state index contributed by atoms with van der Waals surface area (Å²) < 4.78 is 0. The van der Waals surface area contributed by atoms with E-state index < -0.39 is 40.4 Å². The van der Waals surface area contributed by atoms with Gasteiger partial charge in [-0.3, -0.25) is 0 Å². The van der Waals surface area contributed by atoms with Crippen molar-refractivity contribution in [1.82, 2.24) is 0 Å². The van der Waals surface area contributed by atoms with Gasteiger partial charge in [0.05, 0.1) is 0 Å². The molecule has 4 aromatic rings. The zero-order valence-corrected chi connectivity index (χ0v) is 21.2. The molecule has 0 spiro atoms. The number of aromatic hydroxyl groups is 10. The minimum atomic E-state index is -0.665. The van der Waals surface area contributed by atoms with Gasteiger partial charge in [0, 0.05) is 0 Å². The Morgan fingerprint density at radius 1 is 0.425 bits per heavy atom. The van der Waals surface area contributed by atoms with Crippen LogP contribution in [0, 0.1) is 5.92 Å². The van der Waals surface area contributed by atoms with Gasteiger partial charge in [-0.15, -0.1) is 0 Å². The summed E-state index contributed by atoms with van der Waals surface area (Å²) in [6.07, 6.45) is 1.29. The average molecular weight is 551 g/mol. The summed E-state index contributed by atoms with van der Waals surface area (Å²) in [6, 6.07) is 14.0. The van der Waals surface area contributed by atoms with Crippen LogP contribution in [0.25, 0.3) is 0 Å². The molecule has 0 aliphatic heterocycles. The summed E-state index contributed by atoms with van der Waals surface area (Å²) in [6.45, 7) is 0. The van der Waals surface area contributed by atoms with Gasteiger partial charge in [0.1, 0.15) is 0 Å². The maximum absolute atomic E-state index is 10.3. The third-order valence-corrected chi connectivity index (χ3v) is 7.05. The highest BCUT2D eigenvalue weighted by atomic mass is 16.3. The van der Waals surface area contributed by atoms with E-state index in [4.69, 9.17) is 0 Å². The Bertz CT molecular complexity index is 1490. The minimum Gasteiger partial charge on any atom is -0.504 e. The summed E-state index contributed by atoms with van der Waals surface area (Å²) in [5.41, 5.74) is 2.24. The van der Waals surface area contributed by atoms with Gasteiger partial charge in [-0.1, -0.05) is 12.1 Å². The molecule has 10 heteroatoms. The Morgan fingerprint density at radius 3 is 1.38 bits per heavy atom. The highest BCUT2D eigenvalue weighted by Crippen LogP contribution is 2.43. The van der Waals surface area contributed by atoms with Crippen molar-refractivity contribution in [2.45, 2.75) is 31.6 Å². The number of hydrogen-bond donors (Lipinski definition) is 10. The van der Waals surface area contributed by atoms with Gasteiger partial charge in [-0.25, -0.2) is 0 Å². The predicted molar refractivity (Wildman–Crippen MR) is 144 cm³/mol. The van der Waals surface area contributed by atoms with E-state index in [0.29, 0.717) is 35.1 Å². The van der Waals surface area contributed by atoms with Crippen molar-refractivity contribution in [3.05, 3.63) is 82.9 Å². The smallest absolute Gasteiger partial charge is 0.200 e. The molecule has 40 heavy (non-hydrogen) atoms. The van der Waals surface area contributed by atoms with E-state index in [-0.39, 0.29) is 41.8 Å². The molecule has 10 nitrogen and oxygen atoms in total. The number of rotatable bonds is 9. The Hall–Kier alpha value is -5.12. The Kier molecular flexibility index (Phi) is 7.90. The van der Waals surface area contributed by atoms with Crippen LogP contribution < -0.4 is 0 Å². The molecule has 0 fully saturated rings. The van der Waals surface area contributed by atoms with Gasteiger partial charge in [0.15, 0.2) is 57.5 Å². The van der Waals surface area contributed by atoms with Gasteiger partial charge in [0.25, 0.3) is 0 Å². The maximum Gasteiger partial charge on any atom is 0.200 e. The van der Waals surface area contributed by atoms with E-state index in [9.17, 15) is 51.1 Å². The van der Waals surface area contributed by atoms with Crippen LogP contribution in [-0.2, 0) is 19.3 Å². The molecule has 10 N–H and O–H groups in total. The molecule has 0 heterocycles. The largest absolute Gasteiger partial charge is 0.504 e. The van der Waals surface area contributed by atoms with Crippen molar-refractivity contribution in [2.75, 3.05) is 0 Å². The highest BCUT2D eigenvalue weighted by Gasteiger charge is 2.27. The predicted octanol–water partition coefficient (Wildman–Crippen LogP) is 4.56. The van der Waals surface area contributed by atoms with Crippen molar-refractivity contribution in [2.24, 2.45) is 5.92 Å². The molecule has 4 rings (SSSR count). The van der Waals surface area contributed by atoms with Gasteiger partial charge in [0.2, 0.25) is 0 Å². The zero-order chi connectivity index (χ0) is 29.1. The fourth-order valence-electron chi connectivity index (χ4n) is 4.96. The van der Waals surface area contributed by atoms with Crippen LogP contribution in [0.15, 0.2) is 60.7 Å². The quantitative estimate of drug-likeness (QED) is 0.132. The lowest BCUT2D eigenvalue weighted by Gasteiger charge is -2.29. The molecule has 0 bridgehead atoms. The summed E-state index contributed by atoms with van der Waals surface area (Å²) >= 11 is 0. The van der Waals surface area contributed by atoms with Gasteiger partial charge in [-0.2, -0.15) is 0 Å². The van der Waals surface area contributed by atoms with E-state index in [1.165, 1.54) is 48.5 Å². The Labute approximate surface area is 229 Å². The van der Waals surface area contributed by atoms with Crippen molar-refractivity contribution >= 4 is 0 Å². The molecule has 0 saturated carbocycles. The lowest BCUT2D eigenvalue weighted by molar-refractivity contribution is 0.358. The van der Waals surface area contributed by atoms with Crippen LogP contribution in [0.2, 0.25) is 0 Å². The van der Waals surface area contributed by atoms with Crippen molar-refractivity contribution < 1.29 is 51.1 Å². The second kappa shape index (κ2) is 11.3. The van der Waals surface area contributed by atoms with E-state index in [2.05, 4.69) is 0 Å². The van der Waals surface area contributed by atoms with Crippen LogP contribution >= 0.6 is 0 Å². The fraction of sp³-hybridized carbons (Fsp3) is 0.200. The van der Waals surface area contributed by atoms with E-state index >= 15 is 0 Å². The first-order valence-electron chi connectivity index (χ1n) is 12.4. The standard InChI is InChI=1S/C30H30O10/c31-21-5-2-15(9-23(21)33)1-3-18(7-16-10-25(35)29(39)26(36)11-16)20(19-4-6-22(32)24(34)14-19)8-17-12-27(37)30(40)28(38)13-17/h2,4-6,9-14,18,20,31-40H,1,3,7-8H2/t18-,20-/m0/s1. The second-order valence-corrected chi connectivity index (χ2v) is 9.85. The first kappa shape index (κ1) is 27.9. The molecule has 0 aliphatic carbocycles. The molecule has 0 unspecified atom stereocenters. The topological polar surface area (TPSA) is 202 Å². The van der Waals surface area contributed by atoms with E-state index in [0.717, 1.165) is 0 Å². The van der Waals surface area contributed by atoms with Gasteiger partial charge < -0.3 is 51.1 Å². The van der Waals surface area contributed by atoms with Crippen LogP contribution in [0.5, 0.6) is 57.5 Å². The van der Waals surface area contributed by atoms with Crippen LogP contribution in [0.3, 0.4) is 0 Å². The molecule has 2 atom stereocenters. The van der Waals surface area contributed by atoms with Crippen molar-refractivity contribution in [1.29, 1.82) is 0 Å². The highest BCUT2D eigenvalue weighted by molar-refractivity contribution is 5.53. The maximum atomic E-state index is 10.3. The lowest BCUT2D eigenvalue weighted by Crippen LogP contribution is -2.19. The van der Waals surface area contributed by atoms with Gasteiger partial charge in [-0.05, 0) is 108 Å². The van der Waals surface area contributed by atoms with Crippen LogP contribution in [0.1, 0.15) is 34.6 Å². The van der Waals surface area contributed by atoms with Crippen molar-refractivity contribution in [3.8, 4) is 57.5 Å². The Balaban J connectivity index is 1.78. The monoisotopic (exact) mass is 550 g/mol. The number of phenolic OH excluding ortho intramolecular Hbond substituents is 10. The Morgan fingerprint density at radius 2 is 0.875 bits per heavy atom. The molecule has 0 aliphatic rings. The molecule has 0 saturated heterocycles. The summed E-state index contributed by atoms with van der Waals surface area (Å²) in [5.74, 6) is -5.41. The summed E-state index contributed by atoms with van der Waals surface area (Å²) in [5, 5.41) is 99.8. The van der Waals surface area contributed by atoms with Crippen LogP contribution in [-0.4, -0.2) is 51.1 Å². The molecule has 210 valence electrons. The van der Waals surface area contributed by atoms with Gasteiger partial charge >= 0.3 is 0 Å². The molecule has 0 radical (unpaired) electrons. The normalized spacial score (nSPS) is 12.7. The van der Waals surface area contributed by atoms with Crippen LogP contribution in [0.4, 0.5) is 0 Å². The third-order valence-electron chi connectivity index (χ3n) is 7.05. The minimum absolute atomic E-state index is 0.188. The SMILES string of the molecule is Oc1ccc(CC[C@@H](Cc2cc(O)c(O)c(O)c2)[C@H](Cc2cc(O)c(O)c(O)c2)c2ccc(O)c(O)c2)cc1O. The first-order chi connectivity index (χ1) is 18.9. The molecule has 4 aromatic carbocycles. The first-order valence-corrected chi connectivity index (χ1v) is 12.4. The number of aryl methyl sites for hydroxylation is 1. The fourth-order valence-corrected chi connectivity index (χ4v) is 4.96. The number of phenols is 10. The zero-order valence-electron chi connectivity index (χ0n) is 21.2. The van der Waals surface area contributed by atoms with E-state index in [1.54, 1.807) is 12.1 Å². The lowest BCUT2D eigenvalue weighted by atomic mass is 9.75. The molecule has 0 aromatic heterocycles. The second-order valence-electron chi connectivity index (χ2n) is 9.85. The van der Waals surface area contributed by atoms with Crippen molar-refractivity contribution in [3.63, 3.8) is 0 Å². The molecular formula is C30H30O10. The summed E-state index contributed by atoms with van der Waals surface area (Å²) in [4.78, 5) is 0.